The Bertz CT molecular complexity index is 1260. The monoisotopic (exact) mass is 559 g/mol. The highest BCUT2D eigenvalue weighted by Gasteiger charge is 2.69. The number of carbonyl (C=O) groups is 4. The number of benzene rings is 1. The Hall–Kier alpha value is -3.28. The molecular weight excluding hydrogens is 522 g/mol. The number of ketones is 1. The number of aliphatic hydroxyl groups is 2. The molecule has 11 heteroatoms. The number of esters is 3. The molecule has 11 nitrogen and oxygen atoms in total. The van der Waals surface area contributed by atoms with E-state index in [-0.39, 0.29) is 24.8 Å². The van der Waals surface area contributed by atoms with Gasteiger partial charge in [-0.2, -0.15) is 0 Å². The van der Waals surface area contributed by atoms with Crippen molar-refractivity contribution in [1.82, 2.24) is 4.90 Å². The number of ether oxygens (including phenoxy) is 4. The molecule has 0 unspecified atom stereocenters. The summed E-state index contributed by atoms with van der Waals surface area (Å²) < 4.78 is 22.2. The number of Topliss-reactive ketones (excluding diaryl/α,β-unsaturated/α-hetero) is 1. The van der Waals surface area contributed by atoms with Crippen LogP contribution >= 0.6 is 0 Å². The molecule has 1 aromatic rings. The SMILES string of the molecule is CC(=O)O[C@@H](CC(=O)O[C@@H](C)C(=O)OC1=CC[C@@]2(O)[C@@H](C)N(C)CC[C@@]23c2c(C)ccc(CO)c2O[C@@H]13)C(C)=O. The molecule has 0 bridgehead atoms. The molecule has 6 atom stereocenters. The standard InChI is InChI=1S/C29H37NO10/c1-15-7-8-20(14-31)25-24(15)28-11-12-30(6)18(4)29(28,36)10-9-21(26(28)40-25)39-27(35)17(3)37-23(34)13-22(16(2)32)38-19(5)33/h7-9,17-18,22,26,31,36H,10-14H2,1-6H3/t17-,18+,22-,26-,28-,29+/m0/s1. The molecule has 1 aromatic carbocycles. The molecule has 1 saturated heterocycles. The zero-order valence-electron chi connectivity index (χ0n) is 23.7. The van der Waals surface area contributed by atoms with Gasteiger partial charge in [0.15, 0.2) is 24.1 Å². The van der Waals surface area contributed by atoms with Crippen LogP contribution in [0.25, 0.3) is 0 Å². The third kappa shape index (κ3) is 4.80. The Morgan fingerprint density at radius 2 is 1.90 bits per heavy atom. The average Bonchev–Trinajstić information content (AvgIpc) is 3.25. The molecule has 1 spiro atoms. The summed E-state index contributed by atoms with van der Waals surface area (Å²) in [6, 6.07) is 3.42. The van der Waals surface area contributed by atoms with E-state index in [1.165, 1.54) is 13.8 Å². The molecule has 40 heavy (non-hydrogen) atoms. The summed E-state index contributed by atoms with van der Waals surface area (Å²) in [5.41, 5.74) is 0.0493. The van der Waals surface area contributed by atoms with E-state index in [1.54, 1.807) is 12.1 Å². The Labute approximate surface area is 233 Å². The van der Waals surface area contributed by atoms with Crippen molar-refractivity contribution in [1.29, 1.82) is 0 Å². The van der Waals surface area contributed by atoms with E-state index in [9.17, 15) is 29.4 Å². The van der Waals surface area contributed by atoms with E-state index in [1.807, 2.05) is 27.0 Å². The molecule has 0 radical (unpaired) electrons. The lowest BCUT2D eigenvalue weighted by Gasteiger charge is -2.58. The summed E-state index contributed by atoms with van der Waals surface area (Å²) in [5, 5.41) is 22.3. The Morgan fingerprint density at radius 3 is 2.52 bits per heavy atom. The van der Waals surface area contributed by atoms with Crippen LogP contribution in [0.4, 0.5) is 0 Å². The fourth-order valence-corrected chi connectivity index (χ4v) is 6.31. The van der Waals surface area contributed by atoms with Gasteiger partial charge < -0.3 is 34.1 Å². The van der Waals surface area contributed by atoms with Gasteiger partial charge in [0.25, 0.3) is 0 Å². The molecule has 218 valence electrons. The predicted octanol–water partition coefficient (Wildman–Crippen LogP) is 1.61. The van der Waals surface area contributed by atoms with Crippen molar-refractivity contribution >= 4 is 23.7 Å². The van der Waals surface area contributed by atoms with E-state index < -0.39 is 59.4 Å². The molecule has 2 heterocycles. The van der Waals surface area contributed by atoms with Gasteiger partial charge >= 0.3 is 17.9 Å². The minimum absolute atomic E-state index is 0.181. The highest BCUT2D eigenvalue weighted by Crippen LogP contribution is 2.61. The van der Waals surface area contributed by atoms with Gasteiger partial charge in [-0.1, -0.05) is 12.1 Å². The topological polar surface area (TPSA) is 149 Å². The number of aryl methyl sites for hydroxylation is 1. The number of rotatable bonds is 8. The van der Waals surface area contributed by atoms with Crippen LogP contribution in [0.2, 0.25) is 0 Å². The third-order valence-electron chi connectivity index (χ3n) is 8.58. The van der Waals surface area contributed by atoms with Crippen LogP contribution in [0.3, 0.4) is 0 Å². The second-order valence-corrected chi connectivity index (χ2v) is 11.0. The van der Waals surface area contributed by atoms with E-state index in [0.717, 1.165) is 18.1 Å². The lowest BCUT2D eigenvalue weighted by atomic mass is 9.54. The number of likely N-dealkylation sites (tertiary alicyclic amines) is 1. The third-order valence-corrected chi connectivity index (χ3v) is 8.58. The van der Waals surface area contributed by atoms with Crippen molar-refractivity contribution in [3.05, 3.63) is 40.7 Å². The molecule has 0 aromatic heterocycles. The molecule has 4 rings (SSSR count). The van der Waals surface area contributed by atoms with E-state index in [0.29, 0.717) is 24.3 Å². The Kier molecular flexibility index (Phi) is 8.13. The van der Waals surface area contributed by atoms with Crippen LogP contribution in [-0.4, -0.2) is 82.4 Å². The molecule has 3 aliphatic rings. The van der Waals surface area contributed by atoms with Crippen molar-refractivity contribution in [3.63, 3.8) is 0 Å². The average molecular weight is 560 g/mol. The largest absolute Gasteiger partial charge is 0.481 e. The van der Waals surface area contributed by atoms with Crippen molar-refractivity contribution < 1.29 is 48.3 Å². The van der Waals surface area contributed by atoms with Gasteiger partial charge in [0, 0.05) is 30.5 Å². The maximum Gasteiger partial charge on any atom is 0.352 e. The van der Waals surface area contributed by atoms with Gasteiger partial charge in [0.05, 0.1) is 24.0 Å². The summed E-state index contributed by atoms with van der Waals surface area (Å²) in [6.45, 7) is 7.91. The predicted molar refractivity (Wildman–Crippen MR) is 140 cm³/mol. The molecule has 1 aliphatic carbocycles. The lowest BCUT2D eigenvalue weighted by Crippen LogP contribution is -2.71. The van der Waals surface area contributed by atoms with Gasteiger partial charge in [0.1, 0.15) is 11.5 Å². The number of hydrogen-bond acceptors (Lipinski definition) is 11. The number of aliphatic hydroxyl groups excluding tert-OH is 1. The van der Waals surface area contributed by atoms with Gasteiger partial charge in [-0.3, -0.25) is 14.4 Å². The summed E-state index contributed by atoms with van der Waals surface area (Å²) in [7, 11) is 1.95. The number of nitrogens with zero attached hydrogens (tertiary/aromatic N) is 1. The number of fused-ring (bicyclic) bond motifs is 1. The molecule has 0 saturated carbocycles. The quantitative estimate of drug-likeness (QED) is 0.353. The molecule has 1 fully saturated rings. The Morgan fingerprint density at radius 1 is 1.20 bits per heavy atom. The van der Waals surface area contributed by atoms with E-state index in [4.69, 9.17) is 18.9 Å². The van der Waals surface area contributed by atoms with Crippen LogP contribution in [0.1, 0.15) is 63.6 Å². The minimum atomic E-state index is -1.34. The van der Waals surface area contributed by atoms with Crippen molar-refractivity contribution in [2.24, 2.45) is 0 Å². The van der Waals surface area contributed by atoms with Crippen molar-refractivity contribution in [2.45, 2.75) is 95.9 Å². The zero-order valence-corrected chi connectivity index (χ0v) is 23.7. The number of piperidine rings is 1. The van der Waals surface area contributed by atoms with E-state index in [2.05, 4.69) is 4.90 Å². The van der Waals surface area contributed by atoms with Gasteiger partial charge in [0.2, 0.25) is 0 Å². The second-order valence-electron chi connectivity index (χ2n) is 11.0. The van der Waals surface area contributed by atoms with E-state index >= 15 is 0 Å². The first kappa shape index (κ1) is 29.7. The van der Waals surface area contributed by atoms with Gasteiger partial charge in [-0.05, 0) is 59.3 Å². The smallest absolute Gasteiger partial charge is 0.352 e. The van der Waals surface area contributed by atoms with Crippen LogP contribution in [-0.2, 0) is 45.4 Å². The van der Waals surface area contributed by atoms with Gasteiger partial charge in [-0.25, -0.2) is 4.79 Å². The number of hydrogen-bond donors (Lipinski definition) is 2. The first-order chi connectivity index (χ1) is 18.8. The van der Waals surface area contributed by atoms with Crippen molar-refractivity contribution in [2.75, 3.05) is 13.6 Å². The molecule has 2 aliphatic heterocycles. The summed E-state index contributed by atoms with van der Waals surface area (Å²) in [5.74, 6) is -2.37. The maximum absolute atomic E-state index is 13.1. The molecular formula is C29H37NO10. The second kappa shape index (κ2) is 10.9. The normalized spacial score (nSPS) is 28.6. The minimum Gasteiger partial charge on any atom is -0.481 e. The van der Waals surface area contributed by atoms with Crippen molar-refractivity contribution in [3.8, 4) is 5.75 Å². The highest BCUT2D eigenvalue weighted by atomic mass is 16.6. The number of likely N-dealkylation sites (N-methyl/N-ethyl adjacent to an activating group) is 1. The zero-order chi connectivity index (χ0) is 29.6. The fraction of sp³-hybridized carbons (Fsp3) is 0.586. The van der Waals surface area contributed by atoms with Crippen LogP contribution in [0, 0.1) is 6.92 Å². The summed E-state index contributed by atoms with van der Waals surface area (Å²) >= 11 is 0. The first-order valence-electron chi connectivity index (χ1n) is 13.4. The highest BCUT2D eigenvalue weighted by molar-refractivity contribution is 5.88. The first-order valence-corrected chi connectivity index (χ1v) is 13.4. The number of carbonyl (C=O) groups excluding carboxylic acids is 4. The maximum atomic E-state index is 13.1. The lowest BCUT2D eigenvalue weighted by molar-refractivity contribution is -0.173. The molecule has 0 amide bonds. The summed E-state index contributed by atoms with van der Waals surface area (Å²) in [4.78, 5) is 50.5. The molecule has 2 N–H and O–H groups in total. The van der Waals surface area contributed by atoms with Crippen LogP contribution in [0.15, 0.2) is 24.0 Å². The summed E-state index contributed by atoms with van der Waals surface area (Å²) in [6.07, 6.45) is -1.72. The van der Waals surface area contributed by atoms with Crippen LogP contribution < -0.4 is 4.74 Å². The fourth-order valence-electron chi connectivity index (χ4n) is 6.31. The van der Waals surface area contributed by atoms with Gasteiger partial charge in [-0.15, -0.1) is 0 Å². The van der Waals surface area contributed by atoms with Crippen LogP contribution in [0.5, 0.6) is 5.75 Å². The Balaban J connectivity index is 1.60.